The highest BCUT2D eigenvalue weighted by Crippen LogP contribution is 2.23. The molecule has 3 aromatic rings. The zero-order valence-electron chi connectivity index (χ0n) is 14.8. The number of rotatable bonds is 7. The van der Waals surface area contributed by atoms with Crippen LogP contribution in [0.5, 0.6) is 5.75 Å². The molecule has 0 saturated heterocycles. The number of aromatic nitrogens is 2. The van der Waals surface area contributed by atoms with Crippen molar-refractivity contribution in [2.45, 2.75) is 6.42 Å². The predicted octanol–water partition coefficient (Wildman–Crippen LogP) is 4.05. The molecular formula is C20H19ClN4O2. The van der Waals surface area contributed by atoms with Gasteiger partial charge in [-0.25, -0.2) is 9.97 Å². The summed E-state index contributed by atoms with van der Waals surface area (Å²) in [7, 11) is 1.55. The molecule has 7 heteroatoms. The standard InChI is InChI=1S/C20H19ClN4O2/c1-27-18-8-3-2-7-16(18)25-20(26)17-12-24-19(13-23-17)22-10-9-14-5-4-6-15(21)11-14/h2-8,11-13H,9-10H2,1H3,(H,22,24)(H,25,26). The number of nitrogens with zero attached hydrogens (tertiary/aromatic N) is 2. The first-order chi connectivity index (χ1) is 13.2. The van der Waals surface area contributed by atoms with Gasteiger partial charge < -0.3 is 15.4 Å². The highest BCUT2D eigenvalue weighted by molar-refractivity contribution is 6.30. The lowest BCUT2D eigenvalue weighted by Gasteiger charge is -2.10. The maximum Gasteiger partial charge on any atom is 0.275 e. The van der Waals surface area contributed by atoms with Crippen molar-refractivity contribution in [1.82, 2.24) is 9.97 Å². The van der Waals surface area contributed by atoms with Gasteiger partial charge in [-0.15, -0.1) is 0 Å². The SMILES string of the molecule is COc1ccccc1NC(=O)c1cnc(NCCc2cccc(Cl)c2)cn1. The Morgan fingerprint density at radius 1 is 1.11 bits per heavy atom. The second-order valence-electron chi connectivity index (χ2n) is 5.75. The van der Waals surface area contributed by atoms with E-state index in [1.54, 1.807) is 19.2 Å². The number of methoxy groups -OCH3 is 1. The number of para-hydroxylation sites is 2. The van der Waals surface area contributed by atoms with E-state index in [1.807, 2.05) is 36.4 Å². The van der Waals surface area contributed by atoms with Gasteiger partial charge in [0, 0.05) is 11.6 Å². The largest absolute Gasteiger partial charge is 0.495 e. The number of carbonyl (C=O) groups excluding carboxylic acids is 1. The third kappa shape index (κ3) is 5.18. The fourth-order valence-corrected chi connectivity index (χ4v) is 2.71. The van der Waals surface area contributed by atoms with Crippen molar-refractivity contribution in [3.8, 4) is 5.75 Å². The third-order valence-corrected chi connectivity index (χ3v) is 4.08. The monoisotopic (exact) mass is 382 g/mol. The van der Waals surface area contributed by atoms with Crippen LogP contribution in [0, 0.1) is 0 Å². The molecule has 0 aliphatic heterocycles. The van der Waals surface area contributed by atoms with Crippen molar-refractivity contribution in [3.05, 3.63) is 77.2 Å². The van der Waals surface area contributed by atoms with Gasteiger partial charge in [0.15, 0.2) is 0 Å². The molecule has 1 heterocycles. The van der Waals surface area contributed by atoms with Crippen molar-refractivity contribution in [1.29, 1.82) is 0 Å². The summed E-state index contributed by atoms with van der Waals surface area (Å²) in [6.07, 6.45) is 3.78. The number of halogens is 1. The maximum atomic E-state index is 12.3. The van der Waals surface area contributed by atoms with Crippen molar-refractivity contribution in [2.75, 3.05) is 24.3 Å². The molecule has 0 bridgehead atoms. The van der Waals surface area contributed by atoms with Gasteiger partial charge in [0.25, 0.3) is 5.91 Å². The van der Waals surface area contributed by atoms with Gasteiger partial charge >= 0.3 is 0 Å². The fourth-order valence-electron chi connectivity index (χ4n) is 2.50. The number of anilines is 2. The van der Waals surface area contributed by atoms with Gasteiger partial charge in [0.2, 0.25) is 0 Å². The normalized spacial score (nSPS) is 10.3. The Labute approximate surface area is 162 Å². The minimum absolute atomic E-state index is 0.223. The molecule has 27 heavy (non-hydrogen) atoms. The lowest BCUT2D eigenvalue weighted by molar-refractivity contribution is 0.102. The molecule has 1 amide bonds. The Bertz CT molecular complexity index is 916. The molecule has 0 aliphatic carbocycles. The Kier molecular flexibility index (Phi) is 6.22. The number of ether oxygens (including phenoxy) is 1. The van der Waals surface area contributed by atoms with Crippen molar-refractivity contribution in [3.63, 3.8) is 0 Å². The van der Waals surface area contributed by atoms with Crippen LogP contribution in [0.4, 0.5) is 11.5 Å². The summed E-state index contributed by atoms with van der Waals surface area (Å²) in [4.78, 5) is 20.7. The van der Waals surface area contributed by atoms with Gasteiger partial charge in [-0.1, -0.05) is 35.9 Å². The summed E-state index contributed by atoms with van der Waals surface area (Å²) < 4.78 is 5.22. The van der Waals surface area contributed by atoms with Crippen molar-refractivity contribution in [2.24, 2.45) is 0 Å². The molecular weight excluding hydrogens is 364 g/mol. The first kappa shape index (κ1) is 18.7. The lowest BCUT2D eigenvalue weighted by atomic mass is 10.1. The quantitative estimate of drug-likeness (QED) is 0.644. The molecule has 0 saturated carbocycles. The van der Waals surface area contributed by atoms with Crippen LogP contribution in [-0.2, 0) is 6.42 Å². The fraction of sp³-hybridized carbons (Fsp3) is 0.150. The van der Waals surface area contributed by atoms with Crippen molar-refractivity contribution < 1.29 is 9.53 Å². The van der Waals surface area contributed by atoms with Crippen LogP contribution in [0.15, 0.2) is 60.9 Å². The summed E-state index contributed by atoms with van der Waals surface area (Å²) in [5.74, 6) is 0.835. The van der Waals surface area contributed by atoms with E-state index in [-0.39, 0.29) is 11.6 Å². The predicted molar refractivity (Wildman–Crippen MR) is 107 cm³/mol. The van der Waals surface area contributed by atoms with E-state index in [4.69, 9.17) is 16.3 Å². The van der Waals surface area contributed by atoms with Crippen molar-refractivity contribution >= 4 is 29.0 Å². The molecule has 2 N–H and O–H groups in total. The number of hydrogen-bond donors (Lipinski definition) is 2. The molecule has 2 aromatic carbocycles. The van der Waals surface area contributed by atoms with Crippen LogP contribution in [0.2, 0.25) is 5.02 Å². The third-order valence-electron chi connectivity index (χ3n) is 3.85. The van der Waals surface area contributed by atoms with Crippen LogP contribution in [-0.4, -0.2) is 29.5 Å². The average molecular weight is 383 g/mol. The minimum atomic E-state index is -0.350. The zero-order chi connectivity index (χ0) is 19.1. The van der Waals surface area contributed by atoms with E-state index in [0.29, 0.717) is 23.8 Å². The lowest BCUT2D eigenvalue weighted by Crippen LogP contribution is -2.15. The van der Waals surface area contributed by atoms with E-state index in [0.717, 1.165) is 17.0 Å². The molecule has 1 aromatic heterocycles. The summed E-state index contributed by atoms with van der Waals surface area (Å²) in [5, 5.41) is 6.67. The van der Waals surface area contributed by atoms with Crippen LogP contribution in [0.25, 0.3) is 0 Å². The second-order valence-corrected chi connectivity index (χ2v) is 6.18. The minimum Gasteiger partial charge on any atom is -0.495 e. The summed E-state index contributed by atoms with van der Waals surface area (Å²) in [5.41, 5.74) is 1.94. The summed E-state index contributed by atoms with van der Waals surface area (Å²) in [6, 6.07) is 14.9. The van der Waals surface area contributed by atoms with E-state index >= 15 is 0 Å². The molecule has 0 unspecified atom stereocenters. The van der Waals surface area contributed by atoms with Crippen LogP contribution < -0.4 is 15.4 Å². The molecule has 0 radical (unpaired) electrons. The Morgan fingerprint density at radius 3 is 2.70 bits per heavy atom. The Morgan fingerprint density at radius 2 is 1.96 bits per heavy atom. The van der Waals surface area contributed by atoms with E-state index < -0.39 is 0 Å². The van der Waals surface area contributed by atoms with E-state index in [9.17, 15) is 4.79 Å². The van der Waals surface area contributed by atoms with Crippen LogP contribution in [0.3, 0.4) is 0 Å². The summed E-state index contributed by atoms with van der Waals surface area (Å²) in [6.45, 7) is 0.682. The van der Waals surface area contributed by atoms with Crippen LogP contribution in [0.1, 0.15) is 16.1 Å². The van der Waals surface area contributed by atoms with Gasteiger partial charge in [-0.2, -0.15) is 0 Å². The molecule has 6 nitrogen and oxygen atoms in total. The Hall–Kier alpha value is -3.12. The molecule has 138 valence electrons. The van der Waals surface area contributed by atoms with Gasteiger partial charge in [0.1, 0.15) is 17.3 Å². The number of hydrogen-bond acceptors (Lipinski definition) is 5. The molecule has 0 fully saturated rings. The molecule has 0 aliphatic rings. The Balaban J connectivity index is 1.55. The smallest absolute Gasteiger partial charge is 0.275 e. The molecule has 3 rings (SSSR count). The second kappa shape index (κ2) is 9.00. The number of carbonyl (C=O) groups is 1. The average Bonchev–Trinajstić information content (AvgIpc) is 2.69. The molecule has 0 spiro atoms. The number of nitrogens with one attached hydrogen (secondary N) is 2. The van der Waals surface area contributed by atoms with Gasteiger partial charge in [-0.05, 0) is 36.2 Å². The topological polar surface area (TPSA) is 76.1 Å². The van der Waals surface area contributed by atoms with Crippen LogP contribution >= 0.6 is 11.6 Å². The highest BCUT2D eigenvalue weighted by Gasteiger charge is 2.11. The van der Waals surface area contributed by atoms with E-state index in [1.165, 1.54) is 12.4 Å². The number of amides is 1. The first-order valence-electron chi connectivity index (χ1n) is 8.40. The van der Waals surface area contributed by atoms with E-state index in [2.05, 4.69) is 20.6 Å². The number of benzene rings is 2. The van der Waals surface area contributed by atoms with Gasteiger partial charge in [-0.3, -0.25) is 4.79 Å². The first-order valence-corrected chi connectivity index (χ1v) is 8.78. The zero-order valence-corrected chi connectivity index (χ0v) is 15.5. The van der Waals surface area contributed by atoms with Gasteiger partial charge in [0.05, 0.1) is 25.2 Å². The molecule has 0 atom stereocenters. The summed E-state index contributed by atoms with van der Waals surface area (Å²) >= 11 is 5.98. The highest BCUT2D eigenvalue weighted by atomic mass is 35.5. The maximum absolute atomic E-state index is 12.3.